The van der Waals surface area contributed by atoms with Crippen LogP contribution in [-0.4, -0.2) is 44.2 Å². The summed E-state index contributed by atoms with van der Waals surface area (Å²) in [5, 5.41) is 0.504. The lowest BCUT2D eigenvalue weighted by atomic mass is 10.1. The molecule has 0 aromatic heterocycles. The van der Waals surface area contributed by atoms with Crippen molar-refractivity contribution in [1.82, 2.24) is 4.31 Å². The zero-order valence-corrected chi connectivity index (χ0v) is 17.8. The number of ether oxygens (including phenoxy) is 1. The van der Waals surface area contributed by atoms with Crippen LogP contribution in [0.1, 0.15) is 40.0 Å². The summed E-state index contributed by atoms with van der Waals surface area (Å²) in [7, 11) is -3.56. The molecule has 1 aliphatic rings. The summed E-state index contributed by atoms with van der Waals surface area (Å²) >= 11 is 11.7. The maximum Gasteiger partial charge on any atom is 0.340 e. The van der Waals surface area contributed by atoms with Gasteiger partial charge in [-0.05, 0) is 55.3 Å². The predicted octanol–water partition coefficient (Wildman–Crippen LogP) is 4.21. The van der Waals surface area contributed by atoms with Gasteiger partial charge in [0.05, 0.1) is 15.5 Å². The van der Waals surface area contributed by atoms with Crippen LogP contribution in [0.15, 0.2) is 47.4 Å². The van der Waals surface area contributed by atoms with Gasteiger partial charge in [-0.2, -0.15) is 4.31 Å². The highest BCUT2D eigenvalue weighted by atomic mass is 35.5. The van der Waals surface area contributed by atoms with Gasteiger partial charge in [-0.3, -0.25) is 4.79 Å². The molecule has 29 heavy (non-hydrogen) atoms. The Morgan fingerprint density at radius 3 is 2.24 bits per heavy atom. The highest BCUT2D eigenvalue weighted by Crippen LogP contribution is 2.23. The average molecular weight is 456 g/mol. The number of carbonyl (C=O) groups excluding carboxylic acids is 2. The Hall–Kier alpha value is -1.93. The van der Waals surface area contributed by atoms with Crippen molar-refractivity contribution < 1.29 is 22.7 Å². The number of esters is 1. The number of nitrogens with zero attached hydrogens (tertiary/aromatic N) is 1. The van der Waals surface area contributed by atoms with Gasteiger partial charge in [-0.1, -0.05) is 29.6 Å². The van der Waals surface area contributed by atoms with E-state index < -0.39 is 28.4 Å². The number of benzene rings is 2. The smallest absolute Gasteiger partial charge is 0.340 e. The highest BCUT2D eigenvalue weighted by molar-refractivity contribution is 7.89. The Bertz CT molecular complexity index is 1020. The summed E-state index contributed by atoms with van der Waals surface area (Å²) in [5.74, 6) is -1.20. The summed E-state index contributed by atoms with van der Waals surface area (Å²) in [4.78, 5) is 24.5. The number of hydrogen-bond acceptors (Lipinski definition) is 5. The first-order chi connectivity index (χ1) is 13.8. The van der Waals surface area contributed by atoms with Crippen LogP contribution in [0, 0.1) is 0 Å². The van der Waals surface area contributed by atoms with E-state index in [-0.39, 0.29) is 21.0 Å². The van der Waals surface area contributed by atoms with E-state index in [9.17, 15) is 18.0 Å². The van der Waals surface area contributed by atoms with E-state index in [2.05, 4.69) is 0 Å². The Labute approximate surface area is 179 Å². The van der Waals surface area contributed by atoms with Gasteiger partial charge in [0.1, 0.15) is 0 Å². The predicted molar refractivity (Wildman–Crippen MR) is 110 cm³/mol. The molecule has 0 N–H and O–H groups in total. The molecule has 1 aliphatic heterocycles. The number of sulfonamides is 1. The highest BCUT2D eigenvalue weighted by Gasteiger charge is 2.26. The van der Waals surface area contributed by atoms with Crippen molar-refractivity contribution in [2.45, 2.75) is 24.2 Å². The van der Waals surface area contributed by atoms with Crippen LogP contribution in [0.2, 0.25) is 10.0 Å². The van der Waals surface area contributed by atoms with Crippen molar-refractivity contribution in [1.29, 1.82) is 0 Å². The van der Waals surface area contributed by atoms with Gasteiger partial charge in [-0.25, -0.2) is 13.2 Å². The van der Waals surface area contributed by atoms with Crippen LogP contribution in [0.3, 0.4) is 0 Å². The first-order valence-electron chi connectivity index (χ1n) is 9.04. The maximum absolute atomic E-state index is 12.6. The molecule has 0 aliphatic carbocycles. The fourth-order valence-corrected chi connectivity index (χ4v) is 5.02. The van der Waals surface area contributed by atoms with E-state index in [1.54, 1.807) is 0 Å². The van der Waals surface area contributed by atoms with E-state index in [1.165, 1.54) is 46.8 Å². The number of rotatable bonds is 6. The van der Waals surface area contributed by atoms with E-state index >= 15 is 0 Å². The zero-order chi connectivity index (χ0) is 21.0. The Kier molecular flexibility index (Phi) is 6.95. The minimum Gasteiger partial charge on any atom is -0.454 e. The summed E-state index contributed by atoms with van der Waals surface area (Å²) < 4.78 is 31.8. The van der Waals surface area contributed by atoms with Gasteiger partial charge in [0.2, 0.25) is 10.0 Å². The van der Waals surface area contributed by atoms with Gasteiger partial charge in [0.15, 0.2) is 12.4 Å². The molecule has 0 atom stereocenters. The normalized spacial score (nSPS) is 15.1. The van der Waals surface area contributed by atoms with E-state index in [0.717, 1.165) is 19.3 Å². The van der Waals surface area contributed by atoms with E-state index in [0.29, 0.717) is 18.1 Å². The van der Waals surface area contributed by atoms with Gasteiger partial charge >= 0.3 is 5.97 Å². The molecule has 2 aromatic carbocycles. The number of halogens is 2. The topological polar surface area (TPSA) is 80.8 Å². The lowest BCUT2D eigenvalue weighted by molar-refractivity contribution is 0.0475. The summed E-state index contributed by atoms with van der Waals surface area (Å²) in [6, 6.07) is 9.95. The van der Waals surface area contributed by atoms with Crippen LogP contribution in [0.5, 0.6) is 0 Å². The molecule has 1 fully saturated rings. The number of piperidine rings is 1. The summed E-state index contributed by atoms with van der Waals surface area (Å²) in [5.41, 5.74) is 0.351. The average Bonchev–Trinajstić information content (AvgIpc) is 2.72. The molecule has 3 rings (SSSR count). The lowest BCUT2D eigenvalue weighted by Crippen LogP contribution is -2.35. The molecule has 154 valence electrons. The number of Topliss-reactive ketones (excluding diaryl/α,β-unsaturated/α-hetero) is 1. The third-order valence-electron chi connectivity index (χ3n) is 4.61. The second kappa shape index (κ2) is 9.26. The van der Waals surface area contributed by atoms with Crippen LogP contribution >= 0.6 is 23.2 Å². The van der Waals surface area contributed by atoms with Crippen molar-refractivity contribution in [3.05, 3.63) is 63.6 Å². The van der Waals surface area contributed by atoms with Gasteiger partial charge < -0.3 is 4.74 Å². The molecule has 0 bridgehead atoms. The minimum atomic E-state index is -3.56. The molecular formula is C20H19Cl2NO5S. The van der Waals surface area contributed by atoms with Crippen LogP contribution in [0.4, 0.5) is 0 Å². The van der Waals surface area contributed by atoms with Crippen molar-refractivity contribution in [2.24, 2.45) is 0 Å². The third-order valence-corrected chi connectivity index (χ3v) is 7.08. The first-order valence-corrected chi connectivity index (χ1v) is 11.2. The third kappa shape index (κ3) is 5.17. The molecule has 1 saturated heterocycles. The van der Waals surface area contributed by atoms with Crippen LogP contribution in [-0.2, 0) is 14.8 Å². The van der Waals surface area contributed by atoms with Crippen LogP contribution in [0.25, 0.3) is 0 Å². The number of hydrogen-bond donors (Lipinski definition) is 0. The van der Waals surface area contributed by atoms with E-state index in [4.69, 9.17) is 27.9 Å². The van der Waals surface area contributed by atoms with Gasteiger partial charge in [-0.15, -0.1) is 0 Å². The Balaban J connectivity index is 1.63. The largest absolute Gasteiger partial charge is 0.454 e. The number of carbonyl (C=O) groups is 2. The lowest BCUT2D eigenvalue weighted by Gasteiger charge is -2.25. The fourth-order valence-electron chi connectivity index (χ4n) is 3.01. The Morgan fingerprint density at radius 2 is 1.62 bits per heavy atom. The molecule has 0 unspecified atom stereocenters. The zero-order valence-electron chi connectivity index (χ0n) is 15.4. The molecule has 0 spiro atoms. The monoisotopic (exact) mass is 455 g/mol. The van der Waals surface area contributed by atoms with Crippen LogP contribution < -0.4 is 0 Å². The van der Waals surface area contributed by atoms with Gasteiger partial charge in [0.25, 0.3) is 0 Å². The molecular weight excluding hydrogens is 437 g/mol. The van der Waals surface area contributed by atoms with E-state index in [1.807, 2.05) is 0 Å². The molecule has 0 radical (unpaired) electrons. The van der Waals surface area contributed by atoms with Crippen molar-refractivity contribution >= 4 is 45.0 Å². The molecule has 0 saturated carbocycles. The molecule has 0 amide bonds. The minimum absolute atomic E-state index is 0.104. The van der Waals surface area contributed by atoms with Crippen molar-refractivity contribution in [3.63, 3.8) is 0 Å². The fraction of sp³-hybridized carbons (Fsp3) is 0.300. The second-order valence-corrected chi connectivity index (χ2v) is 9.39. The van der Waals surface area contributed by atoms with Crippen molar-refractivity contribution in [3.8, 4) is 0 Å². The summed E-state index contributed by atoms with van der Waals surface area (Å²) in [6.45, 7) is 0.522. The first kappa shape index (κ1) is 21.8. The standard InChI is InChI=1S/C20H19Cl2NO5S/c21-15-6-9-17(18(22)12-15)20(25)28-13-19(24)14-4-7-16(8-5-14)29(26,27)23-10-2-1-3-11-23/h4-9,12H,1-3,10-11,13H2. The molecule has 2 aromatic rings. The second-order valence-electron chi connectivity index (χ2n) is 6.61. The molecule has 9 heteroatoms. The number of ketones is 1. The maximum atomic E-state index is 12.6. The molecule has 1 heterocycles. The van der Waals surface area contributed by atoms with Gasteiger partial charge in [0, 0.05) is 23.7 Å². The quantitative estimate of drug-likeness (QED) is 0.481. The van der Waals surface area contributed by atoms with Crippen molar-refractivity contribution in [2.75, 3.05) is 19.7 Å². The SMILES string of the molecule is O=C(COC(=O)c1ccc(Cl)cc1Cl)c1ccc(S(=O)(=O)N2CCCCC2)cc1. The Morgan fingerprint density at radius 1 is 0.966 bits per heavy atom. The summed E-state index contributed by atoms with van der Waals surface area (Å²) in [6.07, 6.45) is 2.72. The molecule has 6 nitrogen and oxygen atoms in total.